The van der Waals surface area contributed by atoms with Crippen molar-refractivity contribution >= 4 is 15.9 Å². The lowest BCUT2D eigenvalue weighted by Gasteiger charge is -2.26. The molecule has 0 saturated heterocycles. The molecule has 0 aliphatic carbocycles. The molecule has 0 fully saturated rings. The van der Waals surface area contributed by atoms with Crippen molar-refractivity contribution in [1.82, 2.24) is 0 Å². The predicted molar refractivity (Wildman–Crippen MR) is 67.9 cm³/mol. The minimum absolute atomic E-state index is 0.0372. The monoisotopic (exact) mass is 288 g/mol. The quantitative estimate of drug-likeness (QED) is 0.890. The molecule has 1 aromatic rings. The maximum absolute atomic E-state index is 13.3. The average molecular weight is 289 g/mol. The zero-order valence-electron chi connectivity index (χ0n) is 9.93. The van der Waals surface area contributed by atoms with Gasteiger partial charge in [-0.05, 0) is 52.7 Å². The topological polar surface area (TPSA) is 20.2 Å². The van der Waals surface area contributed by atoms with Crippen molar-refractivity contribution < 1.29 is 9.50 Å². The summed E-state index contributed by atoms with van der Waals surface area (Å²) in [7, 11) is 0. The van der Waals surface area contributed by atoms with Gasteiger partial charge in [-0.1, -0.05) is 26.0 Å². The van der Waals surface area contributed by atoms with Crippen LogP contribution in [0.25, 0.3) is 0 Å². The standard InChI is InChI=1S/C13H18BrFO/c1-9(16)7-13(2,3)8-10-5-4-6-11(15)12(10)14/h4-6,9,16H,7-8H2,1-3H3. The van der Waals surface area contributed by atoms with Crippen LogP contribution in [0, 0.1) is 11.2 Å². The minimum atomic E-state index is -0.331. The number of rotatable bonds is 4. The Hall–Kier alpha value is -0.410. The zero-order valence-corrected chi connectivity index (χ0v) is 11.5. The van der Waals surface area contributed by atoms with Gasteiger partial charge in [-0.15, -0.1) is 0 Å². The Morgan fingerprint density at radius 3 is 2.62 bits per heavy atom. The van der Waals surface area contributed by atoms with Crippen LogP contribution in [0.3, 0.4) is 0 Å². The number of hydrogen-bond acceptors (Lipinski definition) is 1. The highest BCUT2D eigenvalue weighted by Crippen LogP contribution is 2.31. The smallest absolute Gasteiger partial charge is 0.137 e. The second kappa shape index (κ2) is 5.28. The number of benzene rings is 1. The van der Waals surface area contributed by atoms with Gasteiger partial charge in [-0.2, -0.15) is 0 Å². The van der Waals surface area contributed by atoms with Gasteiger partial charge >= 0.3 is 0 Å². The molecular formula is C13H18BrFO. The SMILES string of the molecule is CC(O)CC(C)(C)Cc1cccc(F)c1Br. The van der Waals surface area contributed by atoms with E-state index in [0.29, 0.717) is 10.9 Å². The molecule has 0 amide bonds. The molecule has 0 bridgehead atoms. The van der Waals surface area contributed by atoms with Crippen molar-refractivity contribution in [2.75, 3.05) is 0 Å². The van der Waals surface area contributed by atoms with Crippen LogP contribution in [0.2, 0.25) is 0 Å². The largest absolute Gasteiger partial charge is 0.393 e. The van der Waals surface area contributed by atoms with E-state index in [1.54, 1.807) is 13.0 Å². The molecule has 1 aromatic carbocycles. The molecule has 16 heavy (non-hydrogen) atoms. The van der Waals surface area contributed by atoms with Crippen LogP contribution in [0.1, 0.15) is 32.8 Å². The molecule has 3 heteroatoms. The molecule has 1 atom stereocenters. The lowest BCUT2D eigenvalue weighted by molar-refractivity contribution is 0.129. The molecule has 1 N–H and O–H groups in total. The Balaban J connectivity index is 2.83. The second-order valence-corrected chi connectivity index (χ2v) is 5.90. The Labute approximate surface area is 105 Å². The van der Waals surface area contributed by atoms with E-state index in [1.165, 1.54) is 6.07 Å². The van der Waals surface area contributed by atoms with Crippen LogP contribution >= 0.6 is 15.9 Å². The summed E-state index contributed by atoms with van der Waals surface area (Å²) in [5.41, 5.74) is 0.912. The Kier molecular flexibility index (Phi) is 4.51. The van der Waals surface area contributed by atoms with Crippen LogP contribution in [0.15, 0.2) is 22.7 Å². The van der Waals surface area contributed by atoms with E-state index >= 15 is 0 Å². The van der Waals surface area contributed by atoms with Gasteiger partial charge in [-0.25, -0.2) is 4.39 Å². The molecule has 1 rings (SSSR count). The summed E-state index contributed by atoms with van der Waals surface area (Å²) in [5.74, 6) is -0.231. The Bertz CT molecular complexity index is 361. The van der Waals surface area contributed by atoms with E-state index in [1.807, 2.05) is 6.07 Å². The normalized spacial score (nSPS) is 13.9. The zero-order chi connectivity index (χ0) is 12.3. The summed E-state index contributed by atoms with van der Waals surface area (Å²) in [5, 5.41) is 9.40. The van der Waals surface area contributed by atoms with Gasteiger partial charge in [0.25, 0.3) is 0 Å². The molecule has 0 radical (unpaired) electrons. The van der Waals surface area contributed by atoms with Crippen molar-refractivity contribution in [2.24, 2.45) is 5.41 Å². The van der Waals surface area contributed by atoms with E-state index in [-0.39, 0.29) is 17.3 Å². The summed E-state index contributed by atoms with van der Waals surface area (Å²) in [4.78, 5) is 0. The number of halogens is 2. The van der Waals surface area contributed by atoms with Gasteiger partial charge in [0.2, 0.25) is 0 Å². The Morgan fingerprint density at radius 2 is 2.06 bits per heavy atom. The van der Waals surface area contributed by atoms with Crippen molar-refractivity contribution in [3.05, 3.63) is 34.1 Å². The van der Waals surface area contributed by atoms with E-state index < -0.39 is 0 Å². The number of aliphatic hydroxyl groups is 1. The molecular weight excluding hydrogens is 271 g/mol. The van der Waals surface area contributed by atoms with Gasteiger partial charge < -0.3 is 5.11 Å². The average Bonchev–Trinajstić information content (AvgIpc) is 2.10. The first-order valence-electron chi connectivity index (χ1n) is 5.43. The van der Waals surface area contributed by atoms with Gasteiger partial charge in [-0.3, -0.25) is 0 Å². The number of aliphatic hydroxyl groups excluding tert-OH is 1. The molecule has 0 heterocycles. The van der Waals surface area contributed by atoms with Crippen LogP contribution in [-0.2, 0) is 6.42 Å². The Morgan fingerprint density at radius 1 is 1.44 bits per heavy atom. The fraction of sp³-hybridized carbons (Fsp3) is 0.538. The molecule has 1 unspecified atom stereocenters. The van der Waals surface area contributed by atoms with Crippen molar-refractivity contribution in [3.8, 4) is 0 Å². The first-order chi connectivity index (χ1) is 7.32. The third kappa shape index (κ3) is 3.87. The highest BCUT2D eigenvalue weighted by atomic mass is 79.9. The highest BCUT2D eigenvalue weighted by molar-refractivity contribution is 9.10. The van der Waals surface area contributed by atoms with E-state index in [0.717, 1.165) is 12.0 Å². The summed E-state index contributed by atoms with van der Waals surface area (Å²) in [6.07, 6.45) is 1.12. The van der Waals surface area contributed by atoms with Gasteiger partial charge in [0.1, 0.15) is 5.82 Å². The minimum Gasteiger partial charge on any atom is -0.393 e. The van der Waals surface area contributed by atoms with Crippen molar-refractivity contribution in [1.29, 1.82) is 0 Å². The van der Waals surface area contributed by atoms with Gasteiger partial charge in [0.15, 0.2) is 0 Å². The van der Waals surface area contributed by atoms with Crippen molar-refractivity contribution in [3.63, 3.8) is 0 Å². The van der Waals surface area contributed by atoms with Gasteiger partial charge in [0.05, 0.1) is 10.6 Å². The molecule has 1 nitrogen and oxygen atoms in total. The maximum Gasteiger partial charge on any atom is 0.137 e. The van der Waals surface area contributed by atoms with Crippen LogP contribution in [0.4, 0.5) is 4.39 Å². The predicted octanol–water partition coefficient (Wildman–Crippen LogP) is 3.93. The molecule has 90 valence electrons. The lowest BCUT2D eigenvalue weighted by atomic mass is 9.81. The van der Waals surface area contributed by atoms with Crippen LogP contribution < -0.4 is 0 Å². The molecule has 0 saturated carbocycles. The van der Waals surface area contributed by atoms with E-state index in [9.17, 15) is 9.50 Å². The summed E-state index contributed by atoms with van der Waals surface area (Å²) in [6.45, 7) is 5.94. The third-order valence-corrected chi connectivity index (χ3v) is 3.44. The first-order valence-corrected chi connectivity index (χ1v) is 6.22. The van der Waals surface area contributed by atoms with Crippen LogP contribution in [0.5, 0.6) is 0 Å². The molecule has 0 aliphatic rings. The molecule has 0 spiro atoms. The maximum atomic E-state index is 13.3. The van der Waals surface area contributed by atoms with E-state index in [2.05, 4.69) is 29.8 Å². The molecule has 0 aromatic heterocycles. The summed E-state index contributed by atoms with van der Waals surface area (Å²) < 4.78 is 13.9. The highest BCUT2D eigenvalue weighted by Gasteiger charge is 2.22. The summed E-state index contributed by atoms with van der Waals surface area (Å²) in [6, 6.07) is 5.07. The fourth-order valence-electron chi connectivity index (χ4n) is 2.07. The lowest BCUT2D eigenvalue weighted by Crippen LogP contribution is -2.21. The second-order valence-electron chi connectivity index (χ2n) is 5.11. The van der Waals surface area contributed by atoms with E-state index in [4.69, 9.17) is 0 Å². The summed E-state index contributed by atoms with van der Waals surface area (Å²) >= 11 is 3.26. The third-order valence-electron chi connectivity index (χ3n) is 2.55. The number of hydrogen-bond donors (Lipinski definition) is 1. The van der Waals surface area contributed by atoms with Crippen LogP contribution in [-0.4, -0.2) is 11.2 Å². The fourth-order valence-corrected chi connectivity index (χ4v) is 2.48. The van der Waals surface area contributed by atoms with Gasteiger partial charge in [0, 0.05) is 0 Å². The first kappa shape index (κ1) is 13.7. The van der Waals surface area contributed by atoms with Crippen molar-refractivity contribution in [2.45, 2.75) is 39.7 Å². The molecule has 0 aliphatic heterocycles.